The third-order valence-corrected chi connectivity index (χ3v) is 3.72. The molecule has 0 N–H and O–H groups in total. The first kappa shape index (κ1) is 10.9. The summed E-state index contributed by atoms with van der Waals surface area (Å²) in [5.41, 5.74) is 0. The zero-order valence-corrected chi connectivity index (χ0v) is 10.2. The van der Waals surface area contributed by atoms with Crippen molar-refractivity contribution in [1.29, 1.82) is 0 Å². The number of nitrogens with zero attached hydrogens (tertiary/aromatic N) is 2. The van der Waals surface area contributed by atoms with Crippen molar-refractivity contribution < 1.29 is 4.79 Å². The van der Waals surface area contributed by atoms with Crippen LogP contribution in [0.25, 0.3) is 0 Å². The SMILES string of the molecule is CC(C)C(=O)N1C[C@H]2C[C@@H]1CN2C(C)C. The third kappa shape index (κ3) is 1.78. The largest absolute Gasteiger partial charge is 0.337 e. The van der Waals surface area contributed by atoms with Crippen LogP contribution in [0.2, 0.25) is 0 Å². The maximum atomic E-state index is 11.9. The van der Waals surface area contributed by atoms with Crippen molar-refractivity contribution in [2.75, 3.05) is 13.1 Å². The second-order valence-corrected chi connectivity index (χ2v) is 5.48. The topological polar surface area (TPSA) is 23.6 Å². The molecule has 2 saturated heterocycles. The summed E-state index contributed by atoms with van der Waals surface area (Å²) in [5.74, 6) is 0.489. The smallest absolute Gasteiger partial charge is 0.225 e. The summed E-state index contributed by atoms with van der Waals surface area (Å²) in [7, 11) is 0. The number of likely N-dealkylation sites (tertiary alicyclic amines) is 2. The maximum Gasteiger partial charge on any atom is 0.225 e. The van der Waals surface area contributed by atoms with E-state index in [0.29, 0.717) is 24.0 Å². The lowest BCUT2D eigenvalue weighted by Crippen LogP contribution is -2.51. The zero-order chi connectivity index (χ0) is 11.2. The second kappa shape index (κ2) is 3.78. The highest BCUT2D eigenvalue weighted by molar-refractivity contribution is 5.79. The molecule has 3 nitrogen and oxygen atoms in total. The van der Waals surface area contributed by atoms with E-state index >= 15 is 0 Å². The fourth-order valence-electron chi connectivity index (χ4n) is 2.93. The summed E-state index contributed by atoms with van der Waals surface area (Å²) >= 11 is 0. The van der Waals surface area contributed by atoms with Gasteiger partial charge in [0.1, 0.15) is 0 Å². The van der Waals surface area contributed by atoms with E-state index in [1.54, 1.807) is 0 Å². The lowest BCUT2D eigenvalue weighted by molar-refractivity contribution is -0.137. The van der Waals surface area contributed by atoms with Gasteiger partial charge in [0, 0.05) is 37.1 Å². The van der Waals surface area contributed by atoms with Crippen molar-refractivity contribution >= 4 is 5.91 Å². The molecule has 1 amide bonds. The van der Waals surface area contributed by atoms with Crippen LogP contribution in [0.15, 0.2) is 0 Å². The Morgan fingerprint density at radius 2 is 1.80 bits per heavy atom. The first-order valence-corrected chi connectivity index (χ1v) is 6.07. The molecule has 0 spiro atoms. The predicted molar refractivity (Wildman–Crippen MR) is 60.6 cm³/mol. The standard InChI is InChI=1S/C12H22N2O/c1-8(2)12(15)14-7-10-5-11(14)6-13(10)9(3)4/h8-11H,5-7H2,1-4H3/t10-,11-/m1/s1. The molecule has 0 aromatic heterocycles. The van der Waals surface area contributed by atoms with Crippen molar-refractivity contribution in [3.8, 4) is 0 Å². The van der Waals surface area contributed by atoms with E-state index in [9.17, 15) is 4.79 Å². The van der Waals surface area contributed by atoms with E-state index in [-0.39, 0.29) is 5.92 Å². The Balaban J connectivity index is 2.00. The summed E-state index contributed by atoms with van der Waals surface area (Å²) in [6.07, 6.45) is 1.19. The molecule has 2 atom stereocenters. The molecule has 2 aliphatic rings. The highest BCUT2D eigenvalue weighted by atomic mass is 16.2. The second-order valence-electron chi connectivity index (χ2n) is 5.48. The Morgan fingerprint density at radius 3 is 2.20 bits per heavy atom. The van der Waals surface area contributed by atoms with Crippen LogP contribution in [0.4, 0.5) is 0 Å². The molecule has 0 radical (unpaired) electrons. The van der Waals surface area contributed by atoms with Crippen LogP contribution in [0.3, 0.4) is 0 Å². The first-order valence-electron chi connectivity index (χ1n) is 6.07. The van der Waals surface area contributed by atoms with Crippen LogP contribution in [0.5, 0.6) is 0 Å². The molecular weight excluding hydrogens is 188 g/mol. The summed E-state index contributed by atoms with van der Waals surface area (Å²) < 4.78 is 0. The van der Waals surface area contributed by atoms with Gasteiger partial charge in [-0.25, -0.2) is 0 Å². The van der Waals surface area contributed by atoms with Crippen molar-refractivity contribution in [2.24, 2.45) is 5.92 Å². The summed E-state index contributed by atoms with van der Waals surface area (Å²) in [4.78, 5) is 16.6. The minimum Gasteiger partial charge on any atom is -0.337 e. The van der Waals surface area contributed by atoms with E-state index < -0.39 is 0 Å². The molecule has 0 unspecified atom stereocenters. The fourth-order valence-corrected chi connectivity index (χ4v) is 2.93. The van der Waals surface area contributed by atoms with Gasteiger partial charge < -0.3 is 4.90 Å². The Labute approximate surface area is 92.4 Å². The van der Waals surface area contributed by atoms with Crippen molar-refractivity contribution in [2.45, 2.75) is 52.2 Å². The van der Waals surface area contributed by atoms with E-state index in [4.69, 9.17) is 0 Å². The molecule has 2 aliphatic heterocycles. The first-order chi connectivity index (χ1) is 7.00. The van der Waals surface area contributed by atoms with Crippen molar-refractivity contribution in [3.05, 3.63) is 0 Å². The third-order valence-electron chi connectivity index (χ3n) is 3.72. The molecule has 15 heavy (non-hydrogen) atoms. The van der Waals surface area contributed by atoms with Crippen molar-refractivity contribution in [1.82, 2.24) is 9.80 Å². The highest BCUT2D eigenvalue weighted by Gasteiger charge is 2.45. The molecule has 2 heterocycles. The van der Waals surface area contributed by atoms with Gasteiger partial charge in [-0.15, -0.1) is 0 Å². The van der Waals surface area contributed by atoms with Gasteiger partial charge in [0.05, 0.1) is 0 Å². The number of hydrogen-bond donors (Lipinski definition) is 0. The van der Waals surface area contributed by atoms with Gasteiger partial charge in [-0.1, -0.05) is 13.8 Å². The van der Waals surface area contributed by atoms with Gasteiger partial charge in [-0.2, -0.15) is 0 Å². The summed E-state index contributed by atoms with van der Waals surface area (Å²) in [6, 6.07) is 1.74. The number of hydrogen-bond acceptors (Lipinski definition) is 2. The Hall–Kier alpha value is -0.570. The van der Waals surface area contributed by atoms with Gasteiger partial charge in [0.2, 0.25) is 5.91 Å². The summed E-state index contributed by atoms with van der Waals surface area (Å²) in [5, 5.41) is 0. The van der Waals surface area contributed by atoms with Crippen LogP contribution < -0.4 is 0 Å². The molecule has 3 heteroatoms. The number of rotatable bonds is 2. The Morgan fingerprint density at radius 1 is 1.13 bits per heavy atom. The Bertz CT molecular complexity index is 262. The minimum atomic E-state index is 0.150. The van der Waals surface area contributed by atoms with Crippen LogP contribution in [-0.2, 0) is 4.79 Å². The number of carbonyl (C=O) groups excluding carboxylic acids is 1. The number of carbonyl (C=O) groups is 1. The van der Waals surface area contributed by atoms with Crippen LogP contribution in [0, 0.1) is 5.92 Å². The van der Waals surface area contributed by atoms with Gasteiger partial charge in [-0.05, 0) is 20.3 Å². The van der Waals surface area contributed by atoms with Crippen molar-refractivity contribution in [3.63, 3.8) is 0 Å². The molecule has 2 fully saturated rings. The Kier molecular flexibility index (Phi) is 2.75. The normalized spacial score (nSPS) is 30.9. The number of amides is 1. The van der Waals surface area contributed by atoms with Crippen LogP contribution in [-0.4, -0.2) is 46.9 Å². The predicted octanol–water partition coefficient (Wildman–Crippen LogP) is 1.34. The molecular formula is C12H22N2O. The molecule has 0 aromatic carbocycles. The van der Waals surface area contributed by atoms with Gasteiger partial charge in [0.15, 0.2) is 0 Å². The van der Waals surface area contributed by atoms with E-state index in [2.05, 4.69) is 23.6 Å². The van der Waals surface area contributed by atoms with E-state index in [0.717, 1.165) is 13.1 Å². The van der Waals surface area contributed by atoms with E-state index in [1.807, 2.05) is 13.8 Å². The zero-order valence-electron chi connectivity index (χ0n) is 10.2. The molecule has 2 bridgehead atoms. The van der Waals surface area contributed by atoms with E-state index in [1.165, 1.54) is 6.42 Å². The van der Waals surface area contributed by atoms with Gasteiger partial charge in [0.25, 0.3) is 0 Å². The van der Waals surface area contributed by atoms with Crippen LogP contribution in [0.1, 0.15) is 34.1 Å². The average Bonchev–Trinajstić information content (AvgIpc) is 2.74. The number of fused-ring (bicyclic) bond motifs is 2. The summed E-state index contributed by atoms with van der Waals surface area (Å²) in [6.45, 7) is 10.5. The van der Waals surface area contributed by atoms with Crippen LogP contribution >= 0.6 is 0 Å². The van der Waals surface area contributed by atoms with Gasteiger partial charge >= 0.3 is 0 Å². The maximum absolute atomic E-state index is 11.9. The molecule has 0 aliphatic carbocycles. The highest BCUT2D eigenvalue weighted by Crippen LogP contribution is 2.32. The van der Waals surface area contributed by atoms with Gasteiger partial charge in [-0.3, -0.25) is 9.69 Å². The molecule has 0 saturated carbocycles. The molecule has 2 rings (SSSR count). The quantitative estimate of drug-likeness (QED) is 0.686. The fraction of sp³-hybridized carbons (Fsp3) is 0.917. The average molecular weight is 210 g/mol. The molecule has 0 aromatic rings. The minimum absolute atomic E-state index is 0.150. The monoisotopic (exact) mass is 210 g/mol. The number of piperazine rings is 1. The molecule has 86 valence electrons. The lowest BCUT2D eigenvalue weighted by atomic mass is 10.1. The lowest BCUT2D eigenvalue weighted by Gasteiger charge is -2.37.